The molecule has 2 rings (SSSR count). The van der Waals surface area contributed by atoms with E-state index in [0.29, 0.717) is 12.3 Å². The van der Waals surface area contributed by atoms with E-state index in [2.05, 4.69) is 5.10 Å². The lowest BCUT2D eigenvalue weighted by atomic mass is 10.1. The predicted octanol–water partition coefficient (Wildman–Crippen LogP) is 0.631. The SMILES string of the molecule is O=C1CCCN1/N=C/C1CCOC1. The smallest absolute Gasteiger partial charge is 0.242 e. The van der Waals surface area contributed by atoms with Crippen LogP contribution in [0.15, 0.2) is 5.10 Å². The van der Waals surface area contributed by atoms with Gasteiger partial charge >= 0.3 is 0 Å². The first-order chi connectivity index (χ1) is 6.36. The molecule has 0 saturated carbocycles. The third kappa shape index (κ3) is 2.06. The Morgan fingerprint density at radius 3 is 3.15 bits per heavy atom. The van der Waals surface area contributed by atoms with E-state index in [1.165, 1.54) is 0 Å². The van der Waals surface area contributed by atoms with E-state index in [4.69, 9.17) is 4.74 Å². The minimum absolute atomic E-state index is 0.148. The van der Waals surface area contributed by atoms with Crippen molar-refractivity contribution < 1.29 is 9.53 Å². The molecule has 0 bridgehead atoms. The molecule has 4 nitrogen and oxygen atoms in total. The van der Waals surface area contributed by atoms with Crippen molar-refractivity contribution in [1.82, 2.24) is 5.01 Å². The molecular formula is C9H14N2O2. The average Bonchev–Trinajstić information content (AvgIpc) is 2.72. The van der Waals surface area contributed by atoms with Crippen LogP contribution >= 0.6 is 0 Å². The maximum atomic E-state index is 11.2. The normalized spacial score (nSPS) is 29.4. The molecule has 0 N–H and O–H groups in total. The van der Waals surface area contributed by atoms with Crippen molar-refractivity contribution in [2.45, 2.75) is 19.3 Å². The first-order valence-corrected chi connectivity index (χ1v) is 4.78. The van der Waals surface area contributed by atoms with Gasteiger partial charge in [0, 0.05) is 31.7 Å². The van der Waals surface area contributed by atoms with E-state index < -0.39 is 0 Å². The van der Waals surface area contributed by atoms with Crippen molar-refractivity contribution in [3.63, 3.8) is 0 Å². The predicted molar refractivity (Wildman–Crippen MR) is 48.4 cm³/mol. The van der Waals surface area contributed by atoms with Crippen LogP contribution in [0.5, 0.6) is 0 Å². The topological polar surface area (TPSA) is 41.9 Å². The molecule has 1 atom stereocenters. The second kappa shape index (κ2) is 3.87. The van der Waals surface area contributed by atoms with Gasteiger partial charge in [-0.1, -0.05) is 0 Å². The van der Waals surface area contributed by atoms with Gasteiger partial charge in [-0.15, -0.1) is 0 Å². The van der Waals surface area contributed by atoms with Crippen LogP contribution in [0.25, 0.3) is 0 Å². The van der Waals surface area contributed by atoms with Crippen LogP contribution in [0.1, 0.15) is 19.3 Å². The minimum Gasteiger partial charge on any atom is -0.381 e. The molecule has 2 aliphatic heterocycles. The van der Waals surface area contributed by atoms with Crippen LogP contribution < -0.4 is 0 Å². The summed E-state index contributed by atoms with van der Waals surface area (Å²) in [6.07, 6.45) is 4.48. The molecular weight excluding hydrogens is 168 g/mol. The molecule has 4 heteroatoms. The molecule has 2 saturated heterocycles. The van der Waals surface area contributed by atoms with E-state index >= 15 is 0 Å². The summed E-state index contributed by atoms with van der Waals surface area (Å²) in [5.41, 5.74) is 0. The zero-order valence-corrected chi connectivity index (χ0v) is 7.61. The van der Waals surface area contributed by atoms with Crippen molar-refractivity contribution in [3.05, 3.63) is 0 Å². The molecule has 0 aromatic rings. The lowest BCUT2D eigenvalue weighted by molar-refractivity contribution is -0.127. The first kappa shape index (κ1) is 8.69. The second-order valence-corrected chi connectivity index (χ2v) is 3.51. The van der Waals surface area contributed by atoms with E-state index in [1.54, 1.807) is 5.01 Å². The first-order valence-electron chi connectivity index (χ1n) is 4.78. The molecule has 2 fully saturated rings. The summed E-state index contributed by atoms with van der Waals surface area (Å²) in [5.74, 6) is 0.559. The standard InChI is InChI=1S/C9H14N2O2/c12-9-2-1-4-11(9)10-6-8-3-5-13-7-8/h6,8H,1-5,7H2/b10-6+. The van der Waals surface area contributed by atoms with E-state index in [-0.39, 0.29) is 5.91 Å². The van der Waals surface area contributed by atoms with Crippen molar-refractivity contribution in [3.8, 4) is 0 Å². The Labute approximate surface area is 77.5 Å². The number of hydrazone groups is 1. The number of hydrogen-bond acceptors (Lipinski definition) is 3. The highest BCUT2D eigenvalue weighted by Gasteiger charge is 2.20. The summed E-state index contributed by atoms with van der Waals surface area (Å²) in [6.45, 7) is 2.36. The average molecular weight is 182 g/mol. The third-order valence-corrected chi connectivity index (χ3v) is 2.43. The zero-order valence-electron chi connectivity index (χ0n) is 7.61. The number of amides is 1. The molecule has 72 valence electrons. The molecule has 0 aliphatic carbocycles. The molecule has 0 aromatic heterocycles. The molecule has 2 aliphatic rings. The van der Waals surface area contributed by atoms with E-state index in [9.17, 15) is 4.79 Å². The largest absolute Gasteiger partial charge is 0.381 e. The maximum absolute atomic E-state index is 11.2. The summed E-state index contributed by atoms with van der Waals surface area (Å²) in [4.78, 5) is 11.2. The molecule has 2 heterocycles. The van der Waals surface area contributed by atoms with Crippen LogP contribution in [0.3, 0.4) is 0 Å². The van der Waals surface area contributed by atoms with Crippen LogP contribution in [0, 0.1) is 5.92 Å². The molecule has 0 spiro atoms. The van der Waals surface area contributed by atoms with Gasteiger partial charge in [-0.05, 0) is 12.8 Å². The zero-order chi connectivity index (χ0) is 9.10. The number of carbonyl (C=O) groups is 1. The van der Waals surface area contributed by atoms with Crippen LogP contribution in [-0.2, 0) is 9.53 Å². The fraction of sp³-hybridized carbons (Fsp3) is 0.778. The Bertz CT molecular complexity index is 222. The maximum Gasteiger partial charge on any atom is 0.242 e. The van der Waals surface area contributed by atoms with Crippen LogP contribution in [0.4, 0.5) is 0 Å². The fourth-order valence-electron chi connectivity index (χ4n) is 1.60. The van der Waals surface area contributed by atoms with Gasteiger partial charge in [0.25, 0.3) is 0 Å². The van der Waals surface area contributed by atoms with Crippen molar-refractivity contribution in [2.75, 3.05) is 19.8 Å². The van der Waals surface area contributed by atoms with Gasteiger partial charge in [0.15, 0.2) is 0 Å². The Hall–Kier alpha value is -0.900. The molecule has 0 radical (unpaired) electrons. The van der Waals surface area contributed by atoms with Crippen molar-refractivity contribution in [2.24, 2.45) is 11.0 Å². The highest BCUT2D eigenvalue weighted by molar-refractivity contribution is 5.79. The Kier molecular flexibility index (Phi) is 2.59. The monoisotopic (exact) mass is 182 g/mol. The number of rotatable bonds is 2. The van der Waals surface area contributed by atoms with Gasteiger partial charge in [0.1, 0.15) is 0 Å². The van der Waals surface area contributed by atoms with Gasteiger partial charge in [0.05, 0.1) is 6.61 Å². The summed E-state index contributed by atoms with van der Waals surface area (Å²) in [6, 6.07) is 0. The number of hydrogen-bond donors (Lipinski definition) is 0. The quantitative estimate of drug-likeness (QED) is 0.588. The van der Waals surface area contributed by atoms with Gasteiger partial charge in [-0.25, -0.2) is 5.01 Å². The van der Waals surface area contributed by atoms with E-state index in [1.807, 2.05) is 6.21 Å². The lowest BCUT2D eigenvalue weighted by Gasteiger charge is -2.08. The summed E-state index contributed by atoms with van der Waals surface area (Å²) < 4.78 is 5.20. The highest BCUT2D eigenvalue weighted by Crippen LogP contribution is 2.12. The molecule has 0 aromatic carbocycles. The number of ether oxygens (including phenoxy) is 1. The summed E-state index contributed by atoms with van der Waals surface area (Å²) in [5, 5.41) is 5.73. The lowest BCUT2D eigenvalue weighted by Crippen LogP contribution is -2.19. The van der Waals surface area contributed by atoms with Crippen molar-refractivity contribution in [1.29, 1.82) is 0 Å². The summed E-state index contributed by atoms with van der Waals surface area (Å²) in [7, 11) is 0. The Balaban J connectivity index is 1.85. The third-order valence-electron chi connectivity index (χ3n) is 2.43. The van der Waals surface area contributed by atoms with Gasteiger partial charge < -0.3 is 4.74 Å². The van der Waals surface area contributed by atoms with Crippen molar-refractivity contribution >= 4 is 12.1 Å². The summed E-state index contributed by atoms with van der Waals surface area (Å²) >= 11 is 0. The number of carbonyl (C=O) groups excluding carboxylic acids is 1. The molecule has 1 amide bonds. The molecule has 1 unspecified atom stereocenters. The minimum atomic E-state index is 0.148. The van der Waals surface area contributed by atoms with Crippen LogP contribution in [-0.4, -0.2) is 36.9 Å². The van der Waals surface area contributed by atoms with Gasteiger partial charge in [-0.2, -0.15) is 5.10 Å². The van der Waals surface area contributed by atoms with Crippen LogP contribution in [0.2, 0.25) is 0 Å². The highest BCUT2D eigenvalue weighted by atomic mass is 16.5. The Morgan fingerprint density at radius 2 is 2.54 bits per heavy atom. The second-order valence-electron chi connectivity index (χ2n) is 3.51. The fourth-order valence-corrected chi connectivity index (χ4v) is 1.60. The molecule has 13 heavy (non-hydrogen) atoms. The van der Waals surface area contributed by atoms with Gasteiger partial charge in [-0.3, -0.25) is 4.79 Å². The number of nitrogens with zero attached hydrogens (tertiary/aromatic N) is 2. The van der Waals surface area contributed by atoms with E-state index in [0.717, 1.165) is 32.6 Å². The van der Waals surface area contributed by atoms with Gasteiger partial charge in [0.2, 0.25) is 5.91 Å². The Morgan fingerprint density at radius 1 is 1.62 bits per heavy atom.